The van der Waals surface area contributed by atoms with Crippen LogP contribution in [0, 0.1) is 6.92 Å². The lowest BCUT2D eigenvalue weighted by Crippen LogP contribution is -2.38. The van der Waals surface area contributed by atoms with Gasteiger partial charge in [0.05, 0.1) is 12.2 Å². The van der Waals surface area contributed by atoms with Gasteiger partial charge in [-0.1, -0.05) is 0 Å². The summed E-state index contributed by atoms with van der Waals surface area (Å²) in [6.07, 6.45) is -4.55. The molecule has 2 aromatic heterocycles. The topological polar surface area (TPSA) is 88.8 Å². The van der Waals surface area contributed by atoms with Crippen molar-refractivity contribution in [3.8, 4) is 0 Å². The lowest BCUT2D eigenvalue weighted by molar-refractivity contribution is -0.137. The Bertz CT molecular complexity index is 786. The maximum absolute atomic E-state index is 13.1. The van der Waals surface area contributed by atoms with Crippen molar-refractivity contribution < 1.29 is 18.0 Å². The number of alkyl halides is 3. The van der Waals surface area contributed by atoms with Gasteiger partial charge in [-0.2, -0.15) is 18.3 Å². The first-order valence-electron chi connectivity index (χ1n) is 7.10. The molecule has 0 saturated carbocycles. The summed E-state index contributed by atoms with van der Waals surface area (Å²) < 4.78 is 40.8. The highest BCUT2D eigenvalue weighted by molar-refractivity contribution is 5.91. The molecule has 8 nitrogen and oxygen atoms in total. The Hall–Kier alpha value is -2.72. The van der Waals surface area contributed by atoms with Gasteiger partial charge in [-0.25, -0.2) is 0 Å². The zero-order valence-corrected chi connectivity index (χ0v) is 12.9. The summed E-state index contributed by atoms with van der Waals surface area (Å²) in [4.78, 5) is 13.4. The average Bonchev–Trinajstić information content (AvgIpc) is 2.92. The molecule has 0 bridgehead atoms. The van der Waals surface area contributed by atoms with Crippen LogP contribution in [0.5, 0.6) is 0 Å². The first kappa shape index (κ1) is 16.1. The van der Waals surface area contributed by atoms with Crippen LogP contribution < -0.4 is 5.32 Å². The maximum atomic E-state index is 13.1. The van der Waals surface area contributed by atoms with Gasteiger partial charge in [-0.3, -0.25) is 4.79 Å². The Morgan fingerprint density at radius 3 is 2.67 bits per heavy atom. The van der Waals surface area contributed by atoms with Crippen LogP contribution in [0.25, 0.3) is 0 Å². The predicted octanol–water partition coefficient (Wildman–Crippen LogP) is 1.09. The normalized spacial score (nSPS) is 14.7. The highest BCUT2D eigenvalue weighted by Gasteiger charge is 2.35. The molecule has 3 rings (SSSR count). The van der Waals surface area contributed by atoms with Gasteiger partial charge in [-0.15, -0.1) is 15.3 Å². The molecule has 1 amide bonds. The highest BCUT2D eigenvalue weighted by atomic mass is 19.4. The van der Waals surface area contributed by atoms with E-state index in [0.717, 1.165) is 6.07 Å². The lowest BCUT2D eigenvalue weighted by atomic mass is 10.2. The van der Waals surface area contributed by atoms with Gasteiger partial charge in [0.1, 0.15) is 5.56 Å². The largest absolute Gasteiger partial charge is 0.420 e. The second-order valence-corrected chi connectivity index (χ2v) is 5.42. The van der Waals surface area contributed by atoms with Crippen LogP contribution in [0.3, 0.4) is 0 Å². The van der Waals surface area contributed by atoms with E-state index in [2.05, 4.69) is 25.7 Å². The van der Waals surface area contributed by atoms with Gasteiger partial charge in [0, 0.05) is 20.1 Å². The summed E-state index contributed by atoms with van der Waals surface area (Å²) in [6.45, 7) is 2.34. The predicted molar refractivity (Wildman–Crippen MR) is 76.1 cm³/mol. The van der Waals surface area contributed by atoms with Gasteiger partial charge in [0.15, 0.2) is 11.6 Å². The molecule has 128 valence electrons. The molecule has 1 N–H and O–H groups in total. The standard InChI is InChI=1S/C13H14F3N7O/c1-7-5-8(13(14,15)16)10(20-18-7)17-6-9-19-21-11-12(24)22(2)3-4-23(9)11/h5H,3-4,6H2,1-2H3,(H,17,20). The highest BCUT2D eigenvalue weighted by Crippen LogP contribution is 2.33. The molecule has 2 aromatic rings. The van der Waals surface area contributed by atoms with Crippen molar-refractivity contribution in [2.45, 2.75) is 26.2 Å². The number of halogens is 3. The number of aromatic nitrogens is 5. The molecule has 0 spiro atoms. The van der Waals surface area contributed by atoms with Gasteiger partial charge in [-0.05, 0) is 13.0 Å². The SMILES string of the molecule is Cc1cc(C(F)(F)F)c(NCc2nnc3n2CCN(C)C3=O)nn1. The van der Waals surface area contributed by atoms with Crippen molar-refractivity contribution in [3.05, 3.63) is 29.0 Å². The number of nitrogens with zero attached hydrogens (tertiary/aromatic N) is 6. The molecular formula is C13H14F3N7O. The summed E-state index contributed by atoms with van der Waals surface area (Å²) in [5.74, 6) is -0.121. The summed E-state index contributed by atoms with van der Waals surface area (Å²) >= 11 is 0. The van der Waals surface area contributed by atoms with Gasteiger partial charge < -0.3 is 14.8 Å². The van der Waals surface area contributed by atoms with Crippen molar-refractivity contribution >= 4 is 11.7 Å². The van der Waals surface area contributed by atoms with Crippen molar-refractivity contribution in [3.63, 3.8) is 0 Å². The third-order valence-corrected chi connectivity index (χ3v) is 3.66. The van der Waals surface area contributed by atoms with E-state index < -0.39 is 11.7 Å². The van der Waals surface area contributed by atoms with E-state index in [4.69, 9.17) is 0 Å². The number of nitrogens with one attached hydrogen (secondary N) is 1. The van der Waals surface area contributed by atoms with Gasteiger partial charge in [0.2, 0.25) is 5.82 Å². The minimum atomic E-state index is -4.55. The van der Waals surface area contributed by atoms with E-state index in [1.165, 1.54) is 11.8 Å². The fourth-order valence-corrected chi connectivity index (χ4v) is 2.38. The monoisotopic (exact) mass is 341 g/mol. The molecule has 0 aliphatic carbocycles. The molecule has 0 fully saturated rings. The van der Waals surface area contributed by atoms with Crippen LogP contribution >= 0.6 is 0 Å². The molecule has 0 atom stereocenters. The van der Waals surface area contributed by atoms with Crippen LogP contribution in [0.2, 0.25) is 0 Å². The van der Waals surface area contributed by atoms with Gasteiger partial charge in [0.25, 0.3) is 5.91 Å². The summed E-state index contributed by atoms with van der Waals surface area (Å²) in [5.41, 5.74) is -0.731. The zero-order valence-electron chi connectivity index (χ0n) is 12.9. The van der Waals surface area contributed by atoms with E-state index in [-0.39, 0.29) is 29.8 Å². The minimum absolute atomic E-state index is 0.0508. The molecule has 0 radical (unpaired) electrons. The number of hydrogen-bond acceptors (Lipinski definition) is 6. The second kappa shape index (κ2) is 5.73. The van der Waals surface area contributed by atoms with E-state index in [0.29, 0.717) is 18.9 Å². The van der Waals surface area contributed by atoms with Crippen molar-refractivity contribution in [2.24, 2.45) is 0 Å². The smallest absolute Gasteiger partial charge is 0.361 e. The quantitative estimate of drug-likeness (QED) is 0.899. The number of hydrogen-bond donors (Lipinski definition) is 1. The third kappa shape index (κ3) is 2.88. The Labute approximate surface area is 134 Å². The Morgan fingerprint density at radius 1 is 1.21 bits per heavy atom. The first-order chi connectivity index (χ1) is 11.3. The van der Waals surface area contributed by atoms with Crippen molar-refractivity contribution in [1.82, 2.24) is 29.9 Å². The number of rotatable bonds is 3. The first-order valence-corrected chi connectivity index (χ1v) is 7.10. The van der Waals surface area contributed by atoms with Crippen LogP contribution in [-0.4, -0.2) is 49.4 Å². The minimum Gasteiger partial charge on any atom is -0.361 e. The van der Waals surface area contributed by atoms with Gasteiger partial charge >= 0.3 is 6.18 Å². The molecule has 1 aliphatic rings. The Kier molecular flexibility index (Phi) is 3.85. The molecule has 0 unspecified atom stereocenters. The number of likely N-dealkylation sites (N-methyl/N-ethyl adjacent to an activating group) is 1. The lowest BCUT2D eigenvalue weighted by Gasteiger charge is -2.23. The third-order valence-electron chi connectivity index (χ3n) is 3.66. The summed E-state index contributed by atoms with van der Waals surface area (Å²) in [5, 5.41) is 17.5. The van der Waals surface area contributed by atoms with Crippen molar-refractivity contribution in [2.75, 3.05) is 18.9 Å². The molecule has 11 heteroatoms. The zero-order chi connectivity index (χ0) is 17.5. The number of carbonyl (C=O) groups excluding carboxylic acids is 1. The number of fused-ring (bicyclic) bond motifs is 1. The van der Waals surface area contributed by atoms with E-state index in [1.807, 2.05) is 0 Å². The van der Waals surface area contributed by atoms with E-state index in [9.17, 15) is 18.0 Å². The Balaban J connectivity index is 1.83. The maximum Gasteiger partial charge on any atom is 0.420 e. The number of carbonyl (C=O) groups is 1. The number of amides is 1. The summed E-state index contributed by atoms with van der Waals surface area (Å²) in [7, 11) is 1.65. The molecule has 1 aliphatic heterocycles. The number of anilines is 1. The summed E-state index contributed by atoms with van der Waals surface area (Å²) in [6, 6.07) is 0.924. The molecule has 0 saturated heterocycles. The van der Waals surface area contributed by atoms with E-state index in [1.54, 1.807) is 11.6 Å². The average molecular weight is 341 g/mol. The van der Waals surface area contributed by atoms with Crippen LogP contribution in [0.15, 0.2) is 6.07 Å². The fourth-order valence-electron chi connectivity index (χ4n) is 2.38. The van der Waals surface area contributed by atoms with Crippen LogP contribution in [-0.2, 0) is 19.3 Å². The molecule has 24 heavy (non-hydrogen) atoms. The van der Waals surface area contributed by atoms with Crippen molar-refractivity contribution in [1.29, 1.82) is 0 Å². The Morgan fingerprint density at radius 2 is 1.96 bits per heavy atom. The molecular weight excluding hydrogens is 327 g/mol. The van der Waals surface area contributed by atoms with Crippen LogP contribution in [0.1, 0.15) is 27.7 Å². The van der Waals surface area contributed by atoms with Crippen LogP contribution in [0.4, 0.5) is 19.0 Å². The molecule has 3 heterocycles. The van der Waals surface area contributed by atoms with E-state index >= 15 is 0 Å². The fraction of sp³-hybridized carbons (Fsp3) is 0.462. The number of aryl methyl sites for hydroxylation is 1. The molecule has 0 aromatic carbocycles. The second-order valence-electron chi connectivity index (χ2n) is 5.42.